The van der Waals surface area contributed by atoms with Gasteiger partial charge in [0.1, 0.15) is 0 Å². The SMILES string of the molecule is Cc1nc2c(C)ccc([NH+]([O-])O)c2c(NCCCN(C)C)c1C.Cl. The number of quaternary nitrogens is 1. The summed E-state index contributed by atoms with van der Waals surface area (Å²) in [7, 11) is 4.09. The second-order valence-electron chi connectivity index (χ2n) is 6.24. The van der Waals surface area contributed by atoms with Crippen LogP contribution in [0.1, 0.15) is 23.2 Å². The second-order valence-corrected chi connectivity index (χ2v) is 6.24. The van der Waals surface area contributed by atoms with Gasteiger partial charge in [-0.1, -0.05) is 6.07 Å². The Kier molecular flexibility index (Phi) is 7.38. The lowest BCUT2D eigenvalue weighted by Gasteiger charge is -2.20. The van der Waals surface area contributed by atoms with E-state index in [1.807, 2.05) is 40.9 Å². The van der Waals surface area contributed by atoms with Crippen LogP contribution in [0, 0.1) is 26.0 Å². The Balaban J connectivity index is 0.00000288. The summed E-state index contributed by atoms with van der Waals surface area (Å²) in [5.74, 6) is 0. The van der Waals surface area contributed by atoms with Gasteiger partial charge in [0, 0.05) is 18.3 Å². The number of pyridine rings is 1. The van der Waals surface area contributed by atoms with E-state index in [9.17, 15) is 10.4 Å². The molecule has 6 nitrogen and oxygen atoms in total. The first kappa shape index (κ1) is 20.6. The quantitative estimate of drug-likeness (QED) is 0.548. The molecular weight excluding hydrogens is 328 g/mol. The summed E-state index contributed by atoms with van der Waals surface area (Å²) in [6.45, 7) is 7.70. The van der Waals surface area contributed by atoms with E-state index < -0.39 is 5.23 Å². The van der Waals surface area contributed by atoms with Gasteiger partial charge in [-0.2, -0.15) is 5.23 Å². The Bertz CT molecular complexity index is 705. The molecule has 134 valence electrons. The van der Waals surface area contributed by atoms with Gasteiger partial charge in [0.2, 0.25) is 0 Å². The van der Waals surface area contributed by atoms with Gasteiger partial charge in [0.15, 0.2) is 5.69 Å². The van der Waals surface area contributed by atoms with Crippen LogP contribution >= 0.6 is 12.4 Å². The zero-order chi connectivity index (χ0) is 17.1. The van der Waals surface area contributed by atoms with Gasteiger partial charge in [-0.25, -0.2) is 5.21 Å². The molecule has 2 rings (SSSR count). The highest BCUT2D eigenvalue weighted by molar-refractivity contribution is 6.01. The number of hydrogen-bond donors (Lipinski definition) is 3. The third-order valence-electron chi connectivity index (χ3n) is 4.14. The maximum Gasteiger partial charge on any atom is 0.175 e. The number of nitrogens with zero attached hydrogens (tertiary/aromatic N) is 2. The predicted molar refractivity (Wildman–Crippen MR) is 101 cm³/mol. The van der Waals surface area contributed by atoms with Crippen LogP contribution in [0.5, 0.6) is 0 Å². The number of halogens is 1. The van der Waals surface area contributed by atoms with Crippen molar-refractivity contribution in [2.45, 2.75) is 27.2 Å². The van der Waals surface area contributed by atoms with Gasteiger partial charge < -0.3 is 15.4 Å². The third kappa shape index (κ3) is 4.34. The van der Waals surface area contributed by atoms with Crippen LogP contribution < -0.4 is 10.5 Å². The minimum absolute atomic E-state index is 0. The Morgan fingerprint density at radius 2 is 1.92 bits per heavy atom. The normalized spacial score (nSPS) is 12.3. The van der Waals surface area contributed by atoms with Crippen LogP contribution in [-0.2, 0) is 0 Å². The average Bonchev–Trinajstić information content (AvgIpc) is 2.47. The van der Waals surface area contributed by atoms with Crippen molar-refractivity contribution in [2.24, 2.45) is 0 Å². The molecule has 7 heteroatoms. The molecular formula is C17H27ClN4O2. The minimum atomic E-state index is -0.920. The fraction of sp³-hybridized carbons (Fsp3) is 0.471. The molecule has 0 saturated carbocycles. The van der Waals surface area contributed by atoms with E-state index in [4.69, 9.17) is 0 Å². The minimum Gasteiger partial charge on any atom is -0.595 e. The van der Waals surface area contributed by atoms with Crippen molar-refractivity contribution >= 4 is 34.7 Å². The number of rotatable bonds is 6. The highest BCUT2D eigenvalue weighted by Gasteiger charge is 2.18. The maximum absolute atomic E-state index is 11.6. The molecule has 0 amide bonds. The lowest BCUT2D eigenvalue weighted by molar-refractivity contribution is -0.990. The molecule has 1 atom stereocenters. The van der Waals surface area contributed by atoms with Crippen LogP contribution in [0.4, 0.5) is 11.4 Å². The molecule has 0 aliphatic rings. The standard InChI is InChI=1S/C17H26N4O2.ClH/c1-11-7-8-14(21(22)23)15-16(11)19-13(3)12(2)17(15)18-9-6-10-20(4)5;/h7-8,21-22H,6,9-10H2,1-5H3,(H,18,19);1H. The first-order chi connectivity index (χ1) is 10.8. The number of aromatic nitrogens is 1. The van der Waals surface area contributed by atoms with Gasteiger partial charge in [-0.3, -0.25) is 4.98 Å². The lowest BCUT2D eigenvalue weighted by atomic mass is 10.0. The number of anilines is 1. The molecule has 0 aliphatic heterocycles. The van der Waals surface area contributed by atoms with Crippen LogP contribution in [0.15, 0.2) is 12.1 Å². The van der Waals surface area contributed by atoms with Crippen LogP contribution in [-0.4, -0.2) is 42.3 Å². The Hall–Kier alpha value is -1.44. The van der Waals surface area contributed by atoms with Crippen LogP contribution in [0.25, 0.3) is 10.9 Å². The van der Waals surface area contributed by atoms with E-state index in [0.717, 1.165) is 47.5 Å². The average molecular weight is 355 g/mol. The van der Waals surface area contributed by atoms with Crippen molar-refractivity contribution in [3.63, 3.8) is 0 Å². The molecule has 0 saturated heterocycles. The summed E-state index contributed by atoms with van der Waals surface area (Å²) < 4.78 is 0. The van der Waals surface area contributed by atoms with Gasteiger partial charge in [0.05, 0.1) is 16.6 Å². The molecule has 1 heterocycles. The molecule has 3 N–H and O–H groups in total. The molecule has 2 aromatic rings. The smallest absolute Gasteiger partial charge is 0.175 e. The van der Waals surface area contributed by atoms with E-state index in [2.05, 4.69) is 15.2 Å². The fourth-order valence-corrected chi connectivity index (χ4v) is 2.72. The van der Waals surface area contributed by atoms with E-state index >= 15 is 0 Å². The van der Waals surface area contributed by atoms with Crippen molar-refractivity contribution < 1.29 is 10.4 Å². The summed E-state index contributed by atoms with van der Waals surface area (Å²) in [6.07, 6.45) is 0.990. The topological polar surface area (TPSA) is 75.9 Å². The monoisotopic (exact) mass is 354 g/mol. The molecule has 0 fully saturated rings. The number of fused-ring (bicyclic) bond motifs is 1. The van der Waals surface area contributed by atoms with E-state index in [1.54, 1.807) is 6.07 Å². The van der Waals surface area contributed by atoms with Gasteiger partial charge in [0.25, 0.3) is 0 Å². The molecule has 1 aromatic heterocycles. The molecule has 24 heavy (non-hydrogen) atoms. The van der Waals surface area contributed by atoms with Crippen molar-refractivity contribution in [2.75, 3.05) is 32.5 Å². The van der Waals surface area contributed by atoms with E-state index in [1.165, 1.54) is 0 Å². The van der Waals surface area contributed by atoms with Crippen molar-refractivity contribution in [3.05, 3.63) is 34.2 Å². The Labute approximate surface area is 149 Å². The molecule has 1 aromatic carbocycles. The fourth-order valence-electron chi connectivity index (χ4n) is 2.72. The van der Waals surface area contributed by atoms with Crippen LogP contribution in [0.3, 0.4) is 0 Å². The van der Waals surface area contributed by atoms with E-state index in [0.29, 0.717) is 11.1 Å². The molecule has 0 radical (unpaired) electrons. The first-order valence-electron chi connectivity index (χ1n) is 7.85. The number of benzene rings is 1. The largest absolute Gasteiger partial charge is 0.595 e. The molecule has 1 unspecified atom stereocenters. The summed E-state index contributed by atoms with van der Waals surface area (Å²) >= 11 is 0. The third-order valence-corrected chi connectivity index (χ3v) is 4.14. The van der Waals surface area contributed by atoms with Crippen molar-refractivity contribution in [1.29, 1.82) is 0 Å². The summed E-state index contributed by atoms with van der Waals surface area (Å²) in [5, 5.41) is 24.4. The molecule has 0 bridgehead atoms. The summed E-state index contributed by atoms with van der Waals surface area (Å²) in [6, 6.07) is 3.49. The highest BCUT2D eigenvalue weighted by Crippen LogP contribution is 2.33. The zero-order valence-electron chi connectivity index (χ0n) is 14.9. The maximum atomic E-state index is 11.6. The lowest BCUT2D eigenvalue weighted by Crippen LogP contribution is -2.99. The van der Waals surface area contributed by atoms with Crippen LogP contribution in [0.2, 0.25) is 0 Å². The molecule has 0 spiro atoms. The number of hydrogen-bond acceptors (Lipinski definition) is 5. The Morgan fingerprint density at radius 3 is 2.50 bits per heavy atom. The first-order valence-corrected chi connectivity index (χ1v) is 7.85. The van der Waals surface area contributed by atoms with Crippen molar-refractivity contribution in [1.82, 2.24) is 9.88 Å². The zero-order valence-corrected chi connectivity index (χ0v) is 15.8. The number of nitrogens with one attached hydrogen (secondary N) is 2. The summed E-state index contributed by atoms with van der Waals surface area (Å²) in [4.78, 5) is 6.76. The van der Waals surface area contributed by atoms with Gasteiger partial charge in [-0.15, -0.1) is 12.4 Å². The summed E-state index contributed by atoms with van der Waals surface area (Å²) in [5.41, 5.74) is 4.89. The van der Waals surface area contributed by atoms with Gasteiger partial charge >= 0.3 is 0 Å². The van der Waals surface area contributed by atoms with Crippen molar-refractivity contribution in [3.8, 4) is 0 Å². The van der Waals surface area contributed by atoms with E-state index in [-0.39, 0.29) is 12.4 Å². The van der Waals surface area contributed by atoms with Gasteiger partial charge in [-0.05, 0) is 59.0 Å². The predicted octanol–water partition coefficient (Wildman–Crippen LogP) is 2.35. The second kappa shape index (κ2) is 8.60. The highest BCUT2D eigenvalue weighted by atomic mass is 35.5. The Morgan fingerprint density at radius 1 is 1.25 bits per heavy atom. The molecule has 0 aliphatic carbocycles. The number of aryl methyl sites for hydroxylation is 2.